The molecule has 0 aromatic rings. The third-order valence-corrected chi connectivity index (χ3v) is 6.54. The zero-order valence-corrected chi connectivity index (χ0v) is 15.4. The Morgan fingerprint density at radius 3 is 1.45 bits per heavy atom. The van der Waals surface area contributed by atoms with Gasteiger partial charge in [-0.15, -0.1) is 0 Å². The summed E-state index contributed by atoms with van der Waals surface area (Å²) in [5, 5.41) is 0. The molecule has 0 aliphatic rings. The van der Waals surface area contributed by atoms with Crippen molar-refractivity contribution in [3.05, 3.63) is 0 Å². The van der Waals surface area contributed by atoms with Crippen molar-refractivity contribution >= 4 is 0 Å². The third-order valence-electron chi connectivity index (χ3n) is 3.45. The Bertz CT molecular complexity index is 176. The Balaban J connectivity index is 3.18. The molecular formula is C16H36NO2Ti. The average Bonchev–Trinajstić information content (AvgIpc) is 2.45. The first-order chi connectivity index (χ1) is 9.85. The minimum atomic E-state index is -1.59. The first-order valence-electron chi connectivity index (χ1n) is 8.66. The second kappa shape index (κ2) is 17.6. The van der Waals surface area contributed by atoms with Gasteiger partial charge in [0.1, 0.15) is 0 Å². The molecule has 0 saturated carbocycles. The maximum absolute atomic E-state index is 5.71. The van der Waals surface area contributed by atoms with E-state index in [1.54, 1.807) is 0 Å². The van der Waals surface area contributed by atoms with Gasteiger partial charge in [0.2, 0.25) is 0 Å². The van der Waals surface area contributed by atoms with E-state index in [2.05, 4.69) is 13.8 Å². The van der Waals surface area contributed by atoms with E-state index in [4.69, 9.17) is 12.4 Å². The van der Waals surface area contributed by atoms with Crippen molar-refractivity contribution in [2.24, 2.45) is 5.73 Å². The molecule has 0 heterocycles. The molecule has 0 aromatic heterocycles. The summed E-state index contributed by atoms with van der Waals surface area (Å²) in [7, 11) is 0. The zero-order valence-electron chi connectivity index (χ0n) is 13.8. The van der Waals surface area contributed by atoms with E-state index in [9.17, 15) is 0 Å². The summed E-state index contributed by atoms with van der Waals surface area (Å²) in [6.07, 6.45) is 13.5. The molecule has 0 aliphatic carbocycles. The van der Waals surface area contributed by atoms with Gasteiger partial charge in [-0.1, -0.05) is 0 Å². The summed E-state index contributed by atoms with van der Waals surface area (Å²) in [5.41, 5.74) is 5.48. The van der Waals surface area contributed by atoms with Gasteiger partial charge in [-0.25, -0.2) is 0 Å². The molecule has 0 aliphatic heterocycles. The second-order valence-electron chi connectivity index (χ2n) is 5.31. The third kappa shape index (κ3) is 15.0. The first kappa shape index (κ1) is 20.6. The molecule has 4 heteroatoms. The molecule has 2 N–H and O–H groups in total. The Kier molecular flexibility index (Phi) is 18.2. The number of unbranched alkanes of at least 4 members (excludes halogenated alkanes) is 9. The van der Waals surface area contributed by atoms with Gasteiger partial charge in [-0.05, 0) is 0 Å². The summed E-state index contributed by atoms with van der Waals surface area (Å²) in [6, 6.07) is 0. The summed E-state index contributed by atoms with van der Waals surface area (Å²) < 4.78 is 12.6. The molecule has 0 unspecified atom stereocenters. The van der Waals surface area contributed by atoms with Gasteiger partial charge in [0.25, 0.3) is 0 Å². The van der Waals surface area contributed by atoms with Crippen molar-refractivity contribution in [1.29, 1.82) is 0 Å². The molecule has 0 saturated heterocycles. The van der Waals surface area contributed by atoms with Crippen LogP contribution in [0.5, 0.6) is 0 Å². The van der Waals surface area contributed by atoms with E-state index >= 15 is 0 Å². The fourth-order valence-electron chi connectivity index (χ4n) is 2.34. The number of nitrogens with two attached hydrogens (primary N) is 1. The van der Waals surface area contributed by atoms with Gasteiger partial charge >= 0.3 is 128 Å². The SMILES string of the molecule is CC[O][Ti]([CH2]CCCCCCCCCCCN)[O]CC. The van der Waals surface area contributed by atoms with Crippen molar-refractivity contribution < 1.29 is 25.3 Å². The quantitative estimate of drug-likeness (QED) is 0.328. The van der Waals surface area contributed by atoms with Crippen LogP contribution >= 0.6 is 0 Å². The zero-order chi connectivity index (χ0) is 14.9. The van der Waals surface area contributed by atoms with Gasteiger partial charge < -0.3 is 5.73 Å². The molecule has 0 radical (unpaired) electrons. The standard InChI is InChI=1S/C12H26N.2C2H5O.Ti/c1-2-3-4-5-6-7-8-9-10-11-12-13;2*1-2-3;/h1-13H2;2*2H2,1H3;/q;2*-1;+2. The Hall–Kier alpha value is 0.594. The van der Waals surface area contributed by atoms with Crippen LogP contribution in [0.3, 0.4) is 0 Å². The molecule has 20 heavy (non-hydrogen) atoms. The van der Waals surface area contributed by atoms with E-state index < -0.39 is 18.6 Å². The van der Waals surface area contributed by atoms with Crippen molar-refractivity contribution in [2.75, 3.05) is 19.8 Å². The predicted octanol–water partition coefficient (Wildman–Crippen LogP) is 4.79. The van der Waals surface area contributed by atoms with Gasteiger partial charge in [0, 0.05) is 0 Å². The van der Waals surface area contributed by atoms with E-state index in [0.717, 1.165) is 19.8 Å². The van der Waals surface area contributed by atoms with Crippen LogP contribution in [-0.4, -0.2) is 19.8 Å². The minimum absolute atomic E-state index is 0.819. The average molecular weight is 322 g/mol. The first-order valence-corrected chi connectivity index (χ1v) is 11.0. The van der Waals surface area contributed by atoms with Crippen LogP contribution in [0.2, 0.25) is 4.73 Å². The topological polar surface area (TPSA) is 44.5 Å². The van der Waals surface area contributed by atoms with Gasteiger partial charge in [-0.2, -0.15) is 0 Å². The Morgan fingerprint density at radius 1 is 0.650 bits per heavy atom. The van der Waals surface area contributed by atoms with Crippen LogP contribution in [-0.2, 0) is 25.3 Å². The molecule has 121 valence electrons. The summed E-state index contributed by atoms with van der Waals surface area (Å²) in [5.74, 6) is 0. The fourth-order valence-corrected chi connectivity index (χ4v) is 4.76. The fraction of sp³-hybridized carbons (Fsp3) is 1.00. The van der Waals surface area contributed by atoms with Crippen molar-refractivity contribution in [3.63, 3.8) is 0 Å². The van der Waals surface area contributed by atoms with Crippen LogP contribution in [0.25, 0.3) is 0 Å². The van der Waals surface area contributed by atoms with Crippen LogP contribution in [0.1, 0.15) is 78.1 Å². The molecule has 0 bridgehead atoms. The molecule has 0 rings (SSSR count). The monoisotopic (exact) mass is 322 g/mol. The normalized spacial score (nSPS) is 10.9. The van der Waals surface area contributed by atoms with E-state index in [1.807, 2.05) is 0 Å². The van der Waals surface area contributed by atoms with E-state index in [0.29, 0.717) is 0 Å². The summed E-state index contributed by atoms with van der Waals surface area (Å²) >= 11 is -1.59. The van der Waals surface area contributed by atoms with Gasteiger partial charge in [-0.3, -0.25) is 0 Å². The van der Waals surface area contributed by atoms with Crippen molar-refractivity contribution in [3.8, 4) is 0 Å². The molecule has 0 fully saturated rings. The number of hydrogen-bond donors (Lipinski definition) is 1. The van der Waals surface area contributed by atoms with Gasteiger partial charge in [0.05, 0.1) is 0 Å². The Morgan fingerprint density at radius 2 is 1.05 bits per heavy atom. The second-order valence-corrected chi connectivity index (χ2v) is 8.16. The summed E-state index contributed by atoms with van der Waals surface area (Å²) in [6.45, 7) is 6.63. The molecule has 3 nitrogen and oxygen atoms in total. The molecule has 0 atom stereocenters. The molecule has 0 spiro atoms. The van der Waals surface area contributed by atoms with Crippen LogP contribution in [0, 0.1) is 0 Å². The van der Waals surface area contributed by atoms with Gasteiger partial charge in [0.15, 0.2) is 0 Å². The maximum atomic E-state index is 5.71. The van der Waals surface area contributed by atoms with E-state index in [-0.39, 0.29) is 0 Å². The molecule has 0 amide bonds. The predicted molar refractivity (Wildman–Crippen MR) is 83.3 cm³/mol. The molecular weight excluding hydrogens is 286 g/mol. The Labute approximate surface area is 133 Å². The van der Waals surface area contributed by atoms with Crippen LogP contribution in [0.4, 0.5) is 0 Å². The van der Waals surface area contributed by atoms with Crippen LogP contribution in [0.15, 0.2) is 0 Å². The van der Waals surface area contributed by atoms with Crippen molar-refractivity contribution in [2.45, 2.75) is 82.8 Å². The number of rotatable bonds is 16. The van der Waals surface area contributed by atoms with Crippen molar-refractivity contribution in [1.82, 2.24) is 0 Å². The van der Waals surface area contributed by atoms with E-state index in [1.165, 1.54) is 68.9 Å². The number of hydrogen-bond acceptors (Lipinski definition) is 3. The molecule has 0 aromatic carbocycles. The summed E-state index contributed by atoms with van der Waals surface area (Å²) in [4.78, 5) is 0. The van der Waals surface area contributed by atoms with Crippen LogP contribution < -0.4 is 5.73 Å².